The number of carbonyl (C=O) groups is 1. The number of ether oxygens (including phenoxy) is 2. The number of rotatable bonds is 9. The minimum absolute atomic E-state index is 0.0748. The summed E-state index contributed by atoms with van der Waals surface area (Å²) in [4.78, 5) is 23.0. The molecule has 0 fully saturated rings. The van der Waals surface area contributed by atoms with Crippen LogP contribution in [-0.2, 0) is 11.4 Å². The van der Waals surface area contributed by atoms with Crippen LogP contribution in [-0.4, -0.2) is 17.4 Å². The predicted octanol–water partition coefficient (Wildman–Crippen LogP) is 5.91. The summed E-state index contributed by atoms with van der Waals surface area (Å²) >= 11 is 5.79. The Morgan fingerprint density at radius 3 is 2.54 bits per heavy atom. The van der Waals surface area contributed by atoms with Gasteiger partial charge in [0, 0.05) is 11.8 Å². The van der Waals surface area contributed by atoms with E-state index in [1.54, 1.807) is 37.3 Å². The number of anilines is 1. The van der Waals surface area contributed by atoms with E-state index in [0.29, 0.717) is 23.7 Å². The maximum absolute atomic E-state index is 13.1. The Labute approximate surface area is 205 Å². The molecule has 0 aromatic heterocycles. The Bertz CT molecular complexity index is 1320. The first-order chi connectivity index (χ1) is 16.8. The molecule has 8 nitrogen and oxygen atoms in total. The van der Waals surface area contributed by atoms with Gasteiger partial charge in [0.05, 0.1) is 11.5 Å². The summed E-state index contributed by atoms with van der Waals surface area (Å²) in [5, 5.41) is 22.9. The first kappa shape index (κ1) is 25.2. The summed E-state index contributed by atoms with van der Waals surface area (Å²) in [6.45, 7) is 2.33. The van der Waals surface area contributed by atoms with Gasteiger partial charge in [0.15, 0.2) is 11.5 Å². The Hall–Kier alpha value is -4.42. The molecular weight excluding hydrogens is 477 g/mol. The molecule has 1 amide bonds. The highest BCUT2D eigenvalue weighted by molar-refractivity contribution is 6.32. The maximum Gasteiger partial charge on any atom is 0.289 e. The van der Waals surface area contributed by atoms with Crippen LogP contribution in [0.15, 0.2) is 66.2 Å². The van der Waals surface area contributed by atoms with Crippen LogP contribution in [0.1, 0.15) is 18.1 Å². The summed E-state index contributed by atoms with van der Waals surface area (Å²) in [5.41, 5.74) is 0.779. The minimum Gasteiger partial charge on any atom is -0.490 e. The van der Waals surface area contributed by atoms with Gasteiger partial charge in [-0.1, -0.05) is 29.8 Å². The third-order valence-electron chi connectivity index (χ3n) is 4.65. The molecule has 3 aromatic rings. The standard InChI is InChI=1S/C25H19ClFN3O5/c1-2-34-24-12-17(5-10-23(24)35-15-16-3-6-19(27)7-4-16)11-18(14-28)25(31)29-20-8-9-21(26)22(13-20)30(32)33/h3-13H,2,15H2,1H3,(H,29,31)/b18-11+. The van der Waals surface area contributed by atoms with Gasteiger partial charge in [0.2, 0.25) is 0 Å². The van der Waals surface area contributed by atoms with Crippen LogP contribution in [0.5, 0.6) is 11.5 Å². The van der Waals surface area contributed by atoms with Gasteiger partial charge in [0.25, 0.3) is 11.6 Å². The van der Waals surface area contributed by atoms with E-state index in [4.69, 9.17) is 21.1 Å². The topological polar surface area (TPSA) is 114 Å². The highest BCUT2D eigenvalue weighted by atomic mass is 35.5. The molecule has 1 N–H and O–H groups in total. The van der Waals surface area contributed by atoms with Gasteiger partial charge < -0.3 is 14.8 Å². The second-order valence-corrected chi connectivity index (χ2v) is 7.51. The average Bonchev–Trinajstić information content (AvgIpc) is 2.84. The fourth-order valence-electron chi connectivity index (χ4n) is 2.99. The zero-order valence-electron chi connectivity index (χ0n) is 18.5. The number of halogens is 2. The van der Waals surface area contributed by atoms with Crippen LogP contribution in [0.3, 0.4) is 0 Å². The molecule has 35 heavy (non-hydrogen) atoms. The molecule has 0 bridgehead atoms. The number of nitrogens with one attached hydrogen (secondary N) is 1. The zero-order valence-corrected chi connectivity index (χ0v) is 19.2. The number of nitro groups is 1. The van der Waals surface area contributed by atoms with Crippen molar-refractivity contribution in [2.75, 3.05) is 11.9 Å². The Morgan fingerprint density at radius 1 is 1.14 bits per heavy atom. The van der Waals surface area contributed by atoms with E-state index in [1.165, 1.54) is 30.3 Å². The number of benzene rings is 3. The quantitative estimate of drug-likeness (QED) is 0.171. The van der Waals surface area contributed by atoms with Crippen molar-refractivity contribution in [1.82, 2.24) is 0 Å². The molecule has 10 heteroatoms. The van der Waals surface area contributed by atoms with E-state index in [2.05, 4.69) is 5.32 Å². The Balaban J connectivity index is 1.79. The first-order valence-electron chi connectivity index (χ1n) is 10.3. The second kappa shape index (κ2) is 11.6. The third kappa shape index (κ3) is 6.79. The van der Waals surface area contributed by atoms with Crippen molar-refractivity contribution in [3.63, 3.8) is 0 Å². The average molecular weight is 496 g/mol. The molecule has 0 saturated heterocycles. The van der Waals surface area contributed by atoms with Crippen molar-refractivity contribution in [1.29, 1.82) is 5.26 Å². The molecule has 178 valence electrons. The van der Waals surface area contributed by atoms with Crippen LogP contribution in [0, 0.1) is 27.3 Å². The molecule has 0 heterocycles. The van der Waals surface area contributed by atoms with Crippen LogP contribution in [0.4, 0.5) is 15.8 Å². The highest BCUT2D eigenvalue weighted by Gasteiger charge is 2.16. The van der Waals surface area contributed by atoms with Gasteiger partial charge in [-0.3, -0.25) is 14.9 Å². The Morgan fingerprint density at radius 2 is 1.89 bits per heavy atom. The summed E-state index contributed by atoms with van der Waals surface area (Å²) in [6, 6.07) is 16.4. The lowest BCUT2D eigenvalue weighted by Gasteiger charge is -2.13. The summed E-state index contributed by atoms with van der Waals surface area (Å²) < 4.78 is 24.5. The number of carbonyl (C=O) groups excluding carboxylic acids is 1. The predicted molar refractivity (Wildman–Crippen MR) is 129 cm³/mol. The van der Waals surface area contributed by atoms with Gasteiger partial charge in [-0.15, -0.1) is 0 Å². The lowest BCUT2D eigenvalue weighted by molar-refractivity contribution is -0.384. The zero-order chi connectivity index (χ0) is 25.4. The molecular formula is C25H19ClFN3O5. The van der Waals surface area contributed by atoms with Crippen LogP contribution in [0.2, 0.25) is 5.02 Å². The number of amides is 1. The van der Waals surface area contributed by atoms with E-state index in [1.807, 2.05) is 6.07 Å². The largest absolute Gasteiger partial charge is 0.490 e. The van der Waals surface area contributed by atoms with Crippen molar-refractivity contribution in [3.8, 4) is 17.6 Å². The number of nitriles is 1. The molecule has 0 aliphatic heterocycles. The molecule has 3 rings (SSSR count). The van der Waals surface area contributed by atoms with Gasteiger partial charge in [0.1, 0.15) is 29.1 Å². The van der Waals surface area contributed by atoms with Gasteiger partial charge in [-0.2, -0.15) is 5.26 Å². The maximum atomic E-state index is 13.1. The van der Waals surface area contributed by atoms with Crippen LogP contribution >= 0.6 is 11.6 Å². The fraction of sp³-hybridized carbons (Fsp3) is 0.120. The number of nitrogens with zero attached hydrogens (tertiary/aromatic N) is 2. The van der Waals surface area contributed by atoms with E-state index in [0.717, 1.165) is 11.6 Å². The second-order valence-electron chi connectivity index (χ2n) is 7.10. The normalized spacial score (nSPS) is 10.9. The molecule has 0 unspecified atom stereocenters. The molecule has 0 aliphatic carbocycles. The SMILES string of the molecule is CCOc1cc(/C=C(\C#N)C(=O)Nc2ccc(Cl)c([N+](=O)[O-])c2)ccc1OCc1ccc(F)cc1. The number of nitro benzene ring substituents is 1. The number of hydrogen-bond acceptors (Lipinski definition) is 6. The van der Waals surface area contributed by atoms with Crippen LogP contribution in [0.25, 0.3) is 6.08 Å². The summed E-state index contributed by atoms with van der Waals surface area (Å²) in [5.74, 6) is -0.260. The Kier molecular flexibility index (Phi) is 8.38. The summed E-state index contributed by atoms with van der Waals surface area (Å²) in [7, 11) is 0. The lowest BCUT2D eigenvalue weighted by atomic mass is 10.1. The van der Waals surface area contributed by atoms with Crippen molar-refractivity contribution < 1.29 is 23.6 Å². The third-order valence-corrected chi connectivity index (χ3v) is 4.97. The molecule has 0 atom stereocenters. The molecule has 0 saturated carbocycles. The first-order valence-corrected chi connectivity index (χ1v) is 10.7. The van der Waals surface area contributed by atoms with Crippen LogP contribution < -0.4 is 14.8 Å². The van der Waals surface area contributed by atoms with Crippen molar-refractivity contribution in [2.24, 2.45) is 0 Å². The highest BCUT2D eigenvalue weighted by Crippen LogP contribution is 2.31. The smallest absolute Gasteiger partial charge is 0.289 e. The van der Waals surface area contributed by atoms with Gasteiger partial charge in [-0.05, 0) is 60.5 Å². The molecule has 0 aliphatic rings. The minimum atomic E-state index is -0.751. The van der Waals surface area contributed by atoms with Gasteiger partial charge >= 0.3 is 0 Å². The fourth-order valence-corrected chi connectivity index (χ4v) is 3.17. The molecule has 0 radical (unpaired) electrons. The van der Waals surface area contributed by atoms with E-state index >= 15 is 0 Å². The molecule has 0 spiro atoms. The monoisotopic (exact) mass is 495 g/mol. The van der Waals surface area contributed by atoms with Crippen molar-refractivity contribution >= 4 is 35.0 Å². The van der Waals surface area contributed by atoms with E-state index in [-0.39, 0.29) is 34.4 Å². The van der Waals surface area contributed by atoms with Crippen molar-refractivity contribution in [3.05, 3.63) is 98.3 Å². The number of hydrogen-bond donors (Lipinski definition) is 1. The summed E-state index contributed by atoms with van der Waals surface area (Å²) in [6.07, 6.45) is 1.35. The van der Waals surface area contributed by atoms with E-state index < -0.39 is 10.8 Å². The lowest BCUT2D eigenvalue weighted by Crippen LogP contribution is -2.13. The van der Waals surface area contributed by atoms with Gasteiger partial charge in [-0.25, -0.2) is 4.39 Å². The van der Waals surface area contributed by atoms with E-state index in [9.17, 15) is 24.6 Å². The van der Waals surface area contributed by atoms with Crippen molar-refractivity contribution in [2.45, 2.75) is 13.5 Å². The molecule has 3 aromatic carbocycles.